The highest BCUT2D eigenvalue weighted by Gasteiger charge is 2.15. The van der Waals surface area contributed by atoms with E-state index in [1.54, 1.807) is 0 Å². The van der Waals surface area contributed by atoms with Gasteiger partial charge in [0.2, 0.25) is 5.75 Å². The van der Waals surface area contributed by atoms with Gasteiger partial charge < -0.3 is 24.1 Å². The van der Waals surface area contributed by atoms with Crippen molar-refractivity contribution in [2.75, 3.05) is 20.3 Å². The minimum atomic E-state index is -1.04. The minimum absolute atomic E-state index is 0.0510. The van der Waals surface area contributed by atoms with Crippen LogP contribution in [0.3, 0.4) is 0 Å². The molecule has 3 rings (SSSR count). The molecule has 0 radical (unpaired) electrons. The first-order chi connectivity index (χ1) is 10.5. The Labute approximate surface area is 125 Å². The lowest BCUT2D eigenvalue weighted by Gasteiger charge is -2.23. The Bertz CT molecular complexity index is 713. The number of aliphatic hydroxyl groups is 1. The van der Waals surface area contributed by atoms with Gasteiger partial charge in [0.1, 0.15) is 5.58 Å². The van der Waals surface area contributed by atoms with Crippen LogP contribution >= 0.6 is 0 Å². The van der Waals surface area contributed by atoms with Gasteiger partial charge >= 0.3 is 11.6 Å². The standard InChI is InChI=1S/C11H8O5.C4H8O2/c1-15-9-5-7-4-6(10(12)13)2-3-8(7)16-11(9)14;5-3-4-1-2-6-4/h2-5H,1H3,(H,12,13);4-5H,1-3H2. The lowest BCUT2D eigenvalue weighted by Crippen LogP contribution is -2.29. The van der Waals surface area contributed by atoms with Crippen molar-refractivity contribution in [1.82, 2.24) is 0 Å². The van der Waals surface area contributed by atoms with Crippen molar-refractivity contribution in [2.24, 2.45) is 0 Å². The number of benzene rings is 1. The van der Waals surface area contributed by atoms with Crippen molar-refractivity contribution in [3.05, 3.63) is 40.2 Å². The normalized spacial score (nSPS) is 16.4. The van der Waals surface area contributed by atoms with E-state index in [0.717, 1.165) is 13.0 Å². The van der Waals surface area contributed by atoms with Crippen LogP contribution in [0.5, 0.6) is 5.75 Å². The molecule has 0 amide bonds. The Kier molecular flexibility index (Phi) is 5.13. The summed E-state index contributed by atoms with van der Waals surface area (Å²) in [5.41, 5.74) is -0.128. The van der Waals surface area contributed by atoms with Crippen LogP contribution in [0.2, 0.25) is 0 Å². The summed E-state index contributed by atoms with van der Waals surface area (Å²) in [6, 6.07) is 5.69. The van der Waals surface area contributed by atoms with Crippen molar-refractivity contribution in [1.29, 1.82) is 0 Å². The van der Waals surface area contributed by atoms with Gasteiger partial charge in [-0.25, -0.2) is 9.59 Å². The van der Waals surface area contributed by atoms with E-state index in [4.69, 9.17) is 24.1 Å². The quantitative estimate of drug-likeness (QED) is 0.822. The fourth-order valence-electron chi connectivity index (χ4n) is 1.81. The van der Waals surface area contributed by atoms with E-state index < -0.39 is 11.6 Å². The Morgan fingerprint density at radius 1 is 1.41 bits per heavy atom. The van der Waals surface area contributed by atoms with Crippen molar-refractivity contribution < 1.29 is 28.9 Å². The Morgan fingerprint density at radius 2 is 2.14 bits per heavy atom. The highest BCUT2D eigenvalue weighted by Crippen LogP contribution is 2.18. The third-order valence-electron chi connectivity index (χ3n) is 3.16. The number of carbonyl (C=O) groups is 1. The molecule has 118 valence electrons. The van der Waals surface area contributed by atoms with Crippen LogP contribution in [0, 0.1) is 0 Å². The summed E-state index contributed by atoms with van der Waals surface area (Å²) in [7, 11) is 1.35. The molecule has 22 heavy (non-hydrogen) atoms. The molecule has 7 heteroatoms. The van der Waals surface area contributed by atoms with E-state index in [0.29, 0.717) is 11.0 Å². The maximum Gasteiger partial charge on any atom is 0.379 e. The van der Waals surface area contributed by atoms with E-state index in [2.05, 4.69) is 0 Å². The van der Waals surface area contributed by atoms with Crippen molar-refractivity contribution in [3.63, 3.8) is 0 Å². The fourth-order valence-corrected chi connectivity index (χ4v) is 1.81. The molecule has 1 unspecified atom stereocenters. The second-order valence-electron chi connectivity index (χ2n) is 4.62. The van der Waals surface area contributed by atoms with Crippen molar-refractivity contribution >= 4 is 16.9 Å². The molecule has 1 aliphatic heterocycles. The summed E-state index contributed by atoms with van der Waals surface area (Å²) >= 11 is 0. The first-order valence-electron chi connectivity index (χ1n) is 6.62. The zero-order valence-electron chi connectivity index (χ0n) is 11.9. The van der Waals surface area contributed by atoms with Crippen LogP contribution in [0.4, 0.5) is 0 Å². The van der Waals surface area contributed by atoms with Crippen LogP contribution < -0.4 is 10.4 Å². The monoisotopic (exact) mass is 308 g/mol. The lowest BCUT2D eigenvalue weighted by molar-refractivity contribution is -0.0773. The topological polar surface area (TPSA) is 106 Å². The SMILES string of the molecule is COc1cc2cc(C(=O)O)ccc2oc1=O.OCC1CCO1. The van der Waals surface area contributed by atoms with Gasteiger partial charge in [0, 0.05) is 12.0 Å². The smallest absolute Gasteiger partial charge is 0.379 e. The van der Waals surface area contributed by atoms with Gasteiger partial charge in [-0.15, -0.1) is 0 Å². The molecule has 1 aromatic heterocycles. The first-order valence-corrected chi connectivity index (χ1v) is 6.62. The van der Waals surface area contributed by atoms with E-state index in [1.165, 1.54) is 31.4 Å². The van der Waals surface area contributed by atoms with E-state index in [9.17, 15) is 9.59 Å². The van der Waals surface area contributed by atoms with Gasteiger partial charge in [0.15, 0.2) is 0 Å². The molecule has 0 aliphatic carbocycles. The molecule has 2 N–H and O–H groups in total. The number of methoxy groups -OCH3 is 1. The minimum Gasteiger partial charge on any atom is -0.490 e. The second kappa shape index (κ2) is 7.06. The summed E-state index contributed by atoms with van der Waals surface area (Å²) in [6.45, 7) is 1.03. The van der Waals surface area contributed by atoms with Crippen LogP contribution in [0.25, 0.3) is 11.0 Å². The maximum atomic E-state index is 11.3. The maximum absolute atomic E-state index is 11.3. The number of aliphatic hydroxyl groups excluding tert-OH is 1. The molecule has 2 heterocycles. The fraction of sp³-hybridized carbons (Fsp3) is 0.333. The lowest BCUT2D eigenvalue weighted by atomic mass is 10.1. The van der Waals surface area contributed by atoms with Gasteiger partial charge in [0.25, 0.3) is 0 Å². The Balaban J connectivity index is 0.000000246. The number of rotatable bonds is 3. The number of hydrogen-bond acceptors (Lipinski definition) is 6. The van der Waals surface area contributed by atoms with E-state index in [-0.39, 0.29) is 24.0 Å². The molecule has 1 saturated heterocycles. The number of fused-ring (bicyclic) bond motifs is 1. The zero-order valence-corrected chi connectivity index (χ0v) is 11.9. The number of hydrogen-bond donors (Lipinski definition) is 2. The summed E-state index contributed by atoms with van der Waals surface area (Å²) in [5, 5.41) is 17.6. The Hall–Kier alpha value is -2.38. The number of aromatic carboxylic acids is 1. The van der Waals surface area contributed by atoms with Gasteiger partial charge in [-0.3, -0.25) is 0 Å². The molecule has 1 atom stereocenters. The highest BCUT2D eigenvalue weighted by atomic mass is 16.5. The van der Waals surface area contributed by atoms with E-state index in [1.807, 2.05) is 0 Å². The summed E-state index contributed by atoms with van der Waals surface area (Å²) < 4.78 is 14.6. The van der Waals surface area contributed by atoms with Gasteiger partial charge in [-0.1, -0.05) is 0 Å². The molecule has 0 spiro atoms. The third-order valence-corrected chi connectivity index (χ3v) is 3.16. The van der Waals surface area contributed by atoms with Crippen molar-refractivity contribution in [2.45, 2.75) is 12.5 Å². The van der Waals surface area contributed by atoms with Crippen LogP contribution in [0.1, 0.15) is 16.8 Å². The molecule has 0 bridgehead atoms. The highest BCUT2D eigenvalue weighted by molar-refractivity contribution is 5.92. The van der Waals surface area contributed by atoms with Gasteiger partial charge in [0.05, 0.1) is 25.4 Å². The van der Waals surface area contributed by atoms with Crippen LogP contribution in [0.15, 0.2) is 33.5 Å². The number of carboxylic acids is 1. The predicted octanol–water partition coefficient (Wildman–Crippen LogP) is 1.27. The number of ether oxygens (including phenoxy) is 2. The van der Waals surface area contributed by atoms with Crippen LogP contribution in [-0.4, -0.2) is 42.6 Å². The second-order valence-corrected chi connectivity index (χ2v) is 4.62. The summed E-state index contributed by atoms with van der Waals surface area (Å²) in [6.07, 6.45) is 1.21. The average molecular weight is 308 g/mol. The van der Waals surface area contributed by atoms with Gasteiger partial charge in [-0.05, 0) is 30.7 Å². The third kappa shape index (κ3) is 3.63. The summed E-state index contributed by atoms with van der Waals surface area (Å²) in [4.78, 5) is 22.0. The zero-order chi connectivity index (χ0) is 16.1. The molecule has 7 nitrogen and oxygen atoms in total. The largest absolute Gasteiger partial charge is 0.490 e. The van der Waals surface area contributed by atoms with Gasteiger partial charge in [-0.2, -0.15) is 0 Å². The molecule has 2 aromatic rings. The molecular formula is C15H16O7. The number of carboxylic acid groups (broad SMARTS) is 1. The molecule has 1 fully saturated rings. The molecule has 1 aromatic carbocycles. The average Bonchev–Trinajstić information content (AvgIpc) is 2.45. The molecular weight excluding hydrogens is 292 g/mol. The predicted molar refractivity (Wildman–Crippen MR) is 77.4 cm³/mol. The van der Waals surface area contributed by atoms with Crippen LogP contribution in [-0.2, 0) is 4.74 Å². The first kappa shape index (κ1) is 16.0. The summed E-state index contributed by atoms with van der Waals surface area (Å²) in [5.74, 6) is -0.984. The van der Waals surface area contributed by atoms with Crippen molar-refractivity contribution in [3.8, 4) is 5.75 Å². The molecule has 0 saturated carbocycles. The van der Waals surface area contributed by atoms with E-state index >= 15 is 0 Å². The Morgan fingerprint density at radius 3 is 2.59 bits per heavy atom. The molecule has 1 aliphatic rings.